The molecule has 0 spiro atoms. The molecule has 0 saturated heterocycles. The molecule has 5 nitrogen and oxygen atoms in total. The van der Waals surface area contributed by atoms with Gasteiger partial charge in [0.2, 0.25) is 5.91 Å². The Morgan fingerprint density at radius 3 is 2.64 bits per heavy atom. The highest BCUT2D eigenvalue weighted by molar-refractivity contribution is 6.05. The van der Waals surface area contributed by atoms with Gasteiger partial charge in [0.05, 0.1) is 5.71 Å². The van der Waals surface area contributed by atoms with Gasteiger partial charge in [0.1, 0.15) is 0 Å². The van der Waals surface area contributed by atoms with Crippen LogP contribution >= 0.6 is 0 Å². The number of benzene rings is 1. The van der Waals surface area contributed by atoms with Crippen molar-refractivity contribution in [2.24, 2.45) is 11.0 Å². The lowest BCUT2D eigenvalue weighted by atomic mass is 9.91. The molecule has 0 fully saturated rings. The van der Waals surface area contributed by atoms with Crippen molar-refractivity contribution in [1.29, 1.82) is 0 Å². The molecular weight excluding hydrogens is 314 g/mol. The Labute approximate surface area is 148 Å². The van der Waals surface area contributed by atoms with Crippen LogP contribution in [0, 0.1) is 5.92 Å². The van der Waals surface area contributed by atoms with Gasteiger partial charge in [-0.15, -0.1) is 0 Å². The standard InChI is InChI=1S/C20H25N3O2/c1-3-5-16-17(6-4-7-18(16)24)21-15-10-8-14(9-11-15)20-13(2)12-19(25)22-23-20/h8-11,13,21H,3-7,12H2,1-2H3,(H,22,25)/t13-/m1/s1. The monoisotopic (exact) mass is 339 g/mol. The van der Waals surface area contributed by atoms with Crippen molar-refractivity contribution in [2.45, 2.75) is 52.4 Å². The van der Waals surface area contributed by atoms with E-state index in [-0.39, 0.29) is 17.6 Å². The number of hydrogen-bond donors (Lipinski definition) is 2. The number of nitrogens with one attached hydrogen (secondary N) is 2. The molecule has 132 valence electrons. The van der Waals surface area contributed by atoms with Gasteiger partial charge in [0.25, 0.3) is 0 Å². The van der Waals surface area contributed by atoms with Gasteiger partial charge in [-0.05, 0) is 37.0 Å². The zero-order chi connectivity index (χ0) is 17.8. The molecule has 0 radical (unpaired) electrons. The van der Waals surface area contributed by atoms with Crippen LogP contribution in [0.1, 0.15) is 57.9 Å². The summed E-state index contributed by atoms with van der Waals surface area (Å²) in [6.45, 7) is 4.12. The number of ketones is 1. The van der Waals surface area contributed by atoms with Crippen LogP contribution in [0.3, 0.4) is 0 Å². The van der Waals surface area contributed by atoms with Crippen LogP contribution in [0.2, 0.25) is 0 Å². The van der Waals surface area contributed by atoms with E-state index in [0.717, 1.165) is 53.9 Å². The molecule has 0 unspecified atom stereocenters. The minimum absolute atomic E-state index is 0.0353. The molecule has 5 heteroatoms. The van der Waals surface area contributed by atoms with Crippen molar-refractivity contribution in [3.05, 3.63) is 41.1 Å². The van der Waals surface area contributed by atoms with Crippen molar-refractivity contribution in [3.63, 3.8) is 0 Å². The Morgan fingerprint density at radius 2 is 1.96 bits per heavy atom. The van der Waals surface area contributed by atoms with Crippen molar-refractivity contribution in [3.8, 4) is 0 Å². The smallest absolute Gasteiger partial charge is 0.240 e. The maximum absolute atomic E-state index is 12.2. The molecule has 1 amide bonds. The van der Waals surface area contributed by atoms with Gasteiger partial charge in [0, 0.05) is 35.7 Å². The number of Topliss-reactive ketones (excluding diaryl/α,β-unsaturated/α-hetero) is 1. The number of hydrazone groups is 1. The molecule has 2 N–H and O–H groups in total. The molecule has 1 atom stereocenters. The first-order valence-corrected chi connectivity index (χ1v) is 9.07. The summed E-state index contributed by atoms with van der Waals surface area (Å²) in [6.07, 6.45) is 4.80. The number of carbonyl (C=O) groups is 2. The molecule has 1 aliphatic heterocycles. The largest absolute Gasteiger partial charge is 0.359 e. The van der Waals surface area contributed by atoms with Gasteiger partial charge in [-0.2, -0.15) is 5.10 Å². The van der Waals surface area contributed by atoms with E-state index in [1.165, 1.54) is 0 Å². The second-order valence-electron chi connectivity index (χ2n) is 6.82. The van der Waals surface area contributed by atoms with Crippen LogP contribution in [0.5, 0.6) is 0 Å². The summed E-state index contributed by atoms with van der Waals surface area (Å²) in [7, 11) is 0. The molecule has 1 aliphatic carbocycles. The van der Waals surface area contributed by atoms with Gasteiger partial charge in [0.15, 0.2) is 5.78 Å². The molecule has 3 rings (SSSR count). The molecule has 2 aliphatic rings. The maximum atomic E-state index is 12.2. The second-order valence-corrected chi connectivity index (χ2v) is 6.82. The third kappa shape index (κ3) is 3.98. The van der Waals surface area contributed by atoms with E-state index in [0.29, 0.717) is 12.8 Å². The molecule has 1 aromatic carbocycles. The van der Waals surface area contributed by atoms with Crippen LogP contribution in [0.15, 0.2) is 40.6 Å². The number of nitrogens with zero attached hydrogens (tertiary/aromatic N) is 1. The van der Waals surface area contributed by atoms with Crippen molar-refractivity contribution in [1.82, 2.24) is 5.43 Å². The van der Waals surface area contributed by atoms with E-state index in [2.05, 4.69) is 22.8 Å². The first kappa shape index (κ1) is 17.4. The maximum Gasteiger partial charge on any atom is 0.240 e. The average molecular weight is 339 g/mol. The highest BCUT2D eigenvalue weighted by Gasteiger charge is 2.22. The highest BCUT2D eigenvalue weighted by atomic mass is 16.2. The van der Waals surface area contributed by atoms with Crippen molar-refractivity contribution in [2.75, 3.05) is 5.32 Å². The molecule has 0 aromatic heterocycles. The zero-order valence-electron chi connectivity index (χ0n) is 14.9. The van der Waals surface area contributed by atoms with E-state index < -0.39 is 0 Å². The van der Waals surface area contributed by atoms with E-state index in [1.54, 1.807) is 0 Å². The first-order valence-electron chi connectivity index (χ1n) is 9.07. The SMILES string of the molecule is CCCC1=C(Nc2ccc(C3=NNC(=O)C[C@H]3C)cc2)CCCC1=O. The Balaban J connectivity index is 1.77. The van der Waals surface area contributed by atoms with Crippen molar-refractivity contribution >= 4 is 23.1 Å². The van der Waals surface area contributed by atoms with Gasteiger partial charge >= 0.3 is 0 Å². The summed E-state index contributed by atoms with van der Waals surface area (Å²) < 4.78 is 0. The van der Waals surface area contributed by atoms with Gasteiger partial charge in [-0.1, -0.05) is 32.4 Å². The first-order chi connectivity index (χ1) is 12.1. The van der Waals surface area contributed by atoms with E-state index >= 15 is 0 Å². The zero-order valence-corrected chi connectivity index (χ0v) is 14.9. The topological polar surface area (TPSA) is 70.6 Å². The summed E-state index contributed by atoms with van der Waals surface area (Å²) in [5.74, 6) is 0.364. The predicted octanol–water partition coefficient (Wildman–Crippen LogP) is 3.77. The molecule has 25 heavy (non-hydrogen) atoms. The van der Waals surface area contributed by atoms with Crippen LogP contribution in [-0.4, -0.2) is 17.4 Å². The normalized spacial score (nSPS) is 21.0. The number of allylic oxidation sites excluding steroid dienone is 2. The quantitative estimate of drug-likeness (QED) is 0.858. The lowest BCUT2D eigenvalue weighted by molar-refractivity contribution is -0.122. The van der Waals surface area contributed by atoms with Crippen LogP contribution in [0.25, 0.3) is 0 Å². The Bertz CT molecular complexity index is 732. The molecule has 0 bridgehead atoms. The van der Waals surface area contributed by atoms with E-state index in [1.807, 2.05) is 31.2 Å². The third-order valence-corrected chi connectivity index (χ3v) is 4.77. The Hall–Kier alpha value is -2.43. The molecular formula is C20H25N3O2. The van der Waals surface area contributed by atoms with Crippen LogP contribution < -0.4 is 10.7 Å². The molecule has 1 heterocycles. The highest BCUT2D eigenvalue weighted by Crippen LogP contribution is 2.27. The van der Waals surface area contributed by atoms with E-state index in [9.17, 15) is 9.59 Å². The summed E-state index contributed by atoms with van der Waals surface area (Å²) >= 11 is 0. The van der Waals surface area contributed by atoms with Crippen LogP contribution in [0.4, 0.5) is 5.69 Å². The van der Waals surface area contributed by atoms with Crippen molar-refractivity contribution < 1.29 is 9.59 Å². The fourth-order valence-electron chi connectivity index (χ4n) is 3.47. The lowest BCUT2D eigenvalue weighted by Gasteiger charge is -2.22. The fourth-order valence-corrected chi connectivity index (χ4v) is 3.47. The summed E-state index contributed by atoms with van der Waals surface area (Å²) in [6, 6.07) is 8.05. The number of hydrogen-bond acceptors (Lipinski definition) is 4. The second kappa shape index (κ2) is 7.64. The Kier molecular flexibility index (Phi) is 5.31. The molecule has 0 saturated carbocycles. The fraction of sp³-hybridized carbons (Fsp3) is 0.450. The third-order valence-electron chi connectivity index (χ3n) is 4.77. The van der Waals surface area contributed by atoms with E-state index in [4.69, 9.17) is 0 Å². The summed E-state index contributed by atoms with van der Waals surface area (Å²) in [4.78, 5) is 23.5. The Morgan fingerprint density at radius 1 is 1.20 bits per heavy atom. The summed E-state index contributed by atoms with van der Waals surface area (Å²) in [5, 5.41) is 7.64. The van der Waals surface area contributed by atoms with Crippen LogP contribution in [-0.2, 0) is 9.59 Å². The number of rotatable bonds is 5. The minimum atomic E-state index is -0.0353. The number of anilines is 1. The van der Waals surface area contributed by atoms with Gasteiger partial charge < -0.3 is 5.32 Å². The predicted molar refractivity (Wildman–Crippen MR) is 99.3 cm³/mol. The average Bonchev–Trinajstić information content (AvgIpc) is 2.59. The lowest BCUT2D eigenvalue weighted by Crippen LogP contribution is -2.31. The number of carbonyl (C=O) groups excluding carboxylic acids is 2. The van der Waals surface area contributed by atoms with Gasteiger partial charge in [-0.3, -0.25) is 9.59 Å². The minimum Gasteiger partial charge on any atom is -0.359 e. The molecule has 1 aromatic rings. The summed E-state index contributed by atoms with van der Waals surface area (Å²) in [5.41, 5.74) is 7.49. The van der Waals surface area contributed by atoms with Gasteiger partial charge in [-0.25, -0.2) is 5.43 Å². The number of amides is 1.